The summed E-state index contributed by atoms with van der Waals surface area (Å²) < 4.78 is 42.3. The number of sulfonamides is 1. The highest BCUT2D eigenvalue weighted by atomic mass is 79.9. The maximum atomic E-state index is 14.2. The molecule has 0 saturated heterocycles. The van der Waals surface area contributed by atoms with Gasteiger partial charge < -0.3 is 10.6 Å². The molecule has 0 aliphatic heterocycles. The molecule has 2 N–H and O–H groups in total. The van der Waals surface area contributed by atoms with Crippen LogP contribution in [0.5, 0.6) is 0 Å². The Morgan fingerprint density at radius 2 is 1.89 bits per heavy atom. The lowest BCUT2D eigenvalue weighted by atomic mass is 9.97. The van der Waals surface area contributed by atoms with Gasteiger partial charge in [0, 0.05) is 29.3 Å². The first-order chi connectivity index (χ1) is 18.1. The summed E-state index contributed by atoms with van der Waals surface area (Å²) in [5, 5.41) is 6.78. The summed E-state index contributed by atoms with van der Waals surface area (Å²) in [6, 6.07) is 12.7. The molecule has 38 heavy (non-hydrogen) atoms. The highest BCUT2D eigenvalue weighted by Gasteiger charge is 2.28. The van der Waals surface area contributed by atoms with Crippen LogP contribution in [-0.2, 0) is 14.8 Å². The minimum atomic E-state index is -4.01. The molecule has 1 saturated carbocycles. The molecule has 3 aromatic rings. The van der Waals surface area contributed by atoms with Crippen molar-refractivity contribution < 1.29 is 22.4 Å². The van der Waals surface area contributed by atoms with Gasteiger partial charge in [-0.25, -0.2) is 17.1 Å². The Kier molecular flexibility index (Phi) is 9.56. The van der Waals surface area contributed by atoms with Crippen molar-refractivity contribution in [1.29, 1.82) is 0 Å². The molecule has 0 bridgehead atoms. The summed E-state index contributed by atoms with van der Waals surface area (Å²) in [5.41, 5.74) is 0. The SMILES string of the molecule is CN(CCCNC(=O)[C@H](CC1CCCC1)NC(=O)c1cc2ccccc2s1)S(=O)(=O)c1ccc(Br)cc1F. The Balaban J connectivity index is 1.34. The molecule has 4 rings (SSSR count). The predicted molar refractivity (Wildman–Crippen MR) is 151 cm³/mol. The van der Waals surface area contributed by atoms with E-state index in [0.29, 0.717) is 28.1 Å². The summed E-state index contributed by atoms with van der Waals surface area (Å²) in [5.74, 6) is -1.00. The van der Waals surface area contributed by atoms with E-state index in [1.165, 1.54) is 30.5 Å². The van der Waals surface area contributed by atoms with Crippen molar-refractivity contribution in [3.05, 3.63) is 63.7 Å². The number of hydrogen-bond donors (Lipinski definition) is 2. The van der Waals surface area contributed by atoms with Crippen molar-refractivity contribution in [2.75, 3.05) is 20.1 Å². The summed E-state index contributed by atoms with van der Waals surface area (Å²) >= 11 is 4.52. The van der Waals surface area contributed by atoms with Gasteiger partial charge in [-0.3, -0.25) is 9.59 Å². The van der Waals surface area contributed by atoms with Gasteiger partial charge in [-0.1, -0.05) is 59.8 Å². The van der Waals surface area contributed by atoms with Gasteiger partial charge in [0.1, 0.15) is 16.8 Å². The Hall–Kier alpha value is -2.34. The average molecular weight is 625 g/mol. The number of halogens is 2. The van der Waals surface area contributed by atoms with Crippen molar-refractivity contribution in [3.8, 4) is 0 Å². The monoisotopic (exact) mass is 623 g/mol. The fourth-order valence-electron chi connectivity index (χ4n) is 4.74. The van der Waals surface area contributed by atoms with Gasteiger partial charge in [-0.2, -0.15) is 0 Å². The number of thiophene rings is 1. The fourth-order valence-corrected chi connectivity index (χ4v) is 7.29. The van der Waals surface area contributed by atoms with Crippen LogP contribution in [0, 0.1) is 11.7 Å². The number of carbonyl (C=O) groups excluding carboxylic acids is 2. The highest BCUT2D eigenvalue weighted by Crippen LogP contribution is 2.29. The summed E-state index contributed by atoms with van der Waals surface area (Å²) in [7, 11) is -2.63. The molecule has 204 valence electrons. The van der Waals surface area contributed by atoms with Crippen molar-refractivity contribution in [2.24, 2.45) is 5.92 Å². The minimum Gasteiger partial charge on any atom is -0.354 e. The summed E-state index contributed by atoms with van der Waals surface area (Å²) in [4.78, 5) is 26.3. The van der Waals surface area contributed by atoms with E-state index in [1.807, 2.05) is 30.3 Å². The quantitative estimate of drug-likeness (QED) is 0.283. The second-order valence-corrected chi connectivity index (χ2v) is 13.6. The Bertz CT molecular complexity index is 1370. The Morgan fingerprint density at radius 1 is 1.16 bits per heavy atom. The van der Waals surface area contributed by atoms with E-state index >= 15 is 0 Å². The van der Waals surface area contributed by atoms with Crippen LogP contribution < -0.4 is 10.6 Å². The lowest BCUT2D eigenvalue weighted by Crippen LogP contribution is -2.48. The zero-order valence-corrected chi connectivity index (χ0v) is 24.3. The lowest BCUT2D eigenvalue weighted by Gasteiger charge is -2.22. The van der Waals surface area contributed by atoms with Crippen LogP contribution in [0.3, 0.4) is 0 Å². The third-order valence-electron chi connectivity index (χ3n) is 6.85. The zero-order chi connectivity index (χ0) is 27.3. The van der Waals surface area contributed by atoms with E-state index in [1.54, 1.807) is 0 Å². The fraction of sp³-hybridized carbons (Fsp3) is 0.407. The van der Waals surface area contributed by atoms with Crippen LogP contribution in [0.15, 0.2) is 57.9 Å². The molecule has 0 spiro atoms. The van der Waals surface area contributed by atoms with Gasteiger partial charge in [-0.05, 0) is 54.5 Å². The Morgan fingerprint density at radius 3 is 2.61 bits per heavy atom. The molecule has 2 aromatic carbocycles. The van der Waals surface area contributed by atoms with E-state index in [9.17, 15) is 22.4 Å². The van der Waals surface area contributed by atoms with Crippen LogP contribution in [0.1, 0.15) is 48.2 Å². The number of carbonyl (C=O) groups is 2. The van der Waals surface area contributed by atoms with Gasteiger partial charge in [0.25, 0.3) is 5.91 Å². The first-order valence-electron chi connectivity index (χ1n) is 12.6. The molecule has 1 aromatic heterocycles. The van der Waals surface area contributed by atoms with E-state index < -0.39 is 26.8 Å². The van der Waals surface area contributed by atoms with Crippen LogP contribution in [0.2, 0.25) is 0 Å². The predicted octanol–water partition coefficient (Wildman–Crippen LogP) is 5.31. The lowest BCUT2D eigenvalue weighted by molar-refractivity contribution is -0.123. The van der Waals surface area contributed by atoms with Gasteiger partial charge >= 0.3 is 0 Å². The normalized spacial score (nSPS) is 15.2. The molecule has 11 heteroatoms. The van der Waals surface area contributed by atoms with Gasteiger partial charge in [-0.15, -0.1) is 11.3 Å². The molecule has 1 fully saturated rings. The second-order valence-electron chi connectivity index (χ2n) is 9.61. The van der Waals surface area contributed by atoms with Gasteiger partial charge in [0.05, 0.1) is 4.88 Å². The first kappa shape index (κ1) is 28.7. The van der Waals surface area contributed by atoms with E-state index in [4.69, 9.17) is 0 Å². The standard InChI is InChI=1S/C27H31BrFN3O4S2/c1-32(38(35,36)25-12-11-20(28)17-21(25)29)14-6-13-30-26(33)22(15-18-7-2-3-8-18)31-27(34)24-16-19-9-4-5-10-23(19)37-24/h4-5,9-12,16-18,22H,2-3,6-8,13-15H2,1H3,(H,30,33)(H,31,34)/t22-/m0/s1. The van der Waals surface area contributed by atoms with Gasteiger partial charge in [0.15, 0.2) is 0 Å². The number of hydrogen-bond acceptors (Lipinski definition) is 5. The van der Waals surface area contributed by atoms with Crippen LogP contribution in [0.4, 0.5) is 4.39 Å². The summed E-state index contributed by atoms with van der Waals surface area (Å²) in [6.45, 7) is 0.320. The largest absolute Gasteiger partial charge is 0.354 e. The first-order valence-corrected chi connectivity index (χ1v) is 15.7. The molecule has 2 amide bonds. The number of benzene rings is 2. The van der Waals surface area contributed by atoms with Crippen molar-refractivity contribution in [3.63, 3.8) is 0 Å². The smallest absolute Gasteiger partial charge is 0.262 e. The topological polar surface area (TPSA) is 95.6 Å². The van der Waals surface area contributed by atoms with Crippen molar-refractivity contribution in [1.82, 2.24) is 14.9 Å². The number of nitrogens with zero attached hydrogens (tertiary/aromatic N) is 1. The molecule has 7 nitrogen and oxygen atoms in total. The average Bonchev–Trinajstić information content (AvgIpc) is 3.55. The number of rotatable bonds is 11. The third-order valence-corrected chi connectivity index (χ3v) is 10.3. The molecule has 1 atom stereocenters. The molecular formula is C27H31BrFN3O4S2. The number of fused-ring (bicyclic) bond motifs is 1. The van der Waals surface area contributed by atoms with E-state index in [0.717, 1.165) is 46.1 Å². The third kappa shape index (κ3) is 6.99. The van der Waals surface area contributed by atoms with Crippen LogP contribution in [-0.4, -0.2) is 50.7 Å². The van der Waals surface area contributed by atoms with Crippen molar-refractivity contribution in [2.45, 2.75) is 49.5 Å². The van der Waals surface area contributed by atoms with Gasteiger partial charge in [0.2, 0.25) is 15.9 Å². The summed E-state index contributed by atoms with van der Waals surface area (Å²) in [6.07, 6.45) is 5.24. The maximum absolute atomic E-state index is 14.2. The number of amides is 2. The molecule has 0 unspecified atom stereocenters. The van der Waals surface area contributed by atoms with E-state index in [-0.39, 0.29) is 24.9 Å². The highest BCUT2D eigenvalue weighted by molar-refractivity contribution is 9.10. The van der Waals surface area contributed by atoms with E-state index in [2.05, 4.69) is 26.6 Å². The molecular weight excluding hydrogens is 593 g/mol. The van der Waals surface area contributed by atoms with Crippen LogP contribution in [0.25, 0.3) is 10.1 Å². The van der Waals surface area contributed by atoms with Crippen molar-refractivity contribution >= 4 is 59.2 Å². The molecule has 0 radical (unpaired) electrons. The minimum absolute atomic E-state index is 0.0968. The second kappa shape index (κ2) is 12.7. The Labute approximate surface area is 235 Å². The molecule has 1 aliphatic rings. The zero-order valence-electron chi connectivity index (χ0n) is 21.1. The molecule has 1 aliphatic carbocycles. The number of nitrogens with one attached hydrogen (secondary N) is 2. The van der Waals surface area contributed by atoms with Crippen LogP contribution >= 0.6 is 27.3 Å². The molecule has 1 heterocycles. The maximum Gasteiger partial charge on any atom is 0.262 e.